The zero-order valence-corrected chi connectivity index (χ0v) is 15.0. The molecule has 0 fully saturated rings. The number of para-hydroxylation sites is 1. The molecule has 4 rings (SSSR count). The Morgan fingerprint density at radius 1 is 1.21 bits per heavy atom. The van der Waals surface area contributed by atoms with Gasteiger partial charge in [-0.1, -0.05) is 18.2 Å². The molecular weight excluding hydrogens is 361 g/mol. The highest BCUT2D eigenvalue weighted by Crippen LogP contribution is 2.39. The third-order valence-electron chi connectivity index (χ3n) is 4.37. The minimum absolute atomic E-state index is 0.0785. The molecule has 1 aliphatic rings. The van der Waals surface area contributed by atoms with Crippen molar-refractivity contribution in [1.29, 1.82) is 0 Å². The van der Waals surface area contributed by atoms with Gasteiger partial charge in [0, 0.05) is 35.5 Å². The summed E-state index contributed by atoms with van der Waals surface area (Å²) in [5, 5.41) is 2.80. The Kier molecular flexibility index (Phi) is 5.14. The van der Waals surface area contributed by atoms with Gasteiger partial charge in [0.2, 0.25) is 0 Å². The van der Waals surface area contributed by atoms with Crippen molar-refractivity contribution in [2.75, 3.05) is 13.2 Å². The Morgan fingerprint density at radius 2 is 2.00 bits per heavy atom. The van der Waals surface area contributed by atoms with Crippen LogP contribution in [-0.2, 0) is 11.2 Å². The van der Waals surface area contributed by atoms with E-state index in [9.17, 15) is 9.18 Å². The molecule has 1 atom stereocenters. The maximum Gasteiger partial charge on any atom is 0.258 e. The molecule has 1 aromatic heterocycles. The molecule has 1 aliphatic heterocycles. The number of hydrogen-bond donors (Lipinski definition) is 1. The second-order valence-electron chi connectivity index (χ2n) is 6.42. The molecule has 28 heavy (non-hydrogen) atoms. The number of ether oxygens (including phenoxy) is 2. The van der Waals surface area contributed by atoms with E-state index in [1.165, 1.54) is 18.5 Å². The van der Waals surface area contributed by atoms with Crippen molar-refractivity contribution in [3.05, 3.63) is 72.6 Å². The average Bonchev–Trinajstić information content (AvgIpc) is 3.14. The summed E-state index contributed by atoms with van der Waals surface area (Å²) < 4.78 is 25.4. The molecule has 0 bridgehead atoms. The van der Waals surface area contributed by atoms with Gasteiger partial charge in [-0.3, -0.25) is 4.79 Å². The monoisotopic (exact) mass is 379 g/mol. The molecule has 6 nitrogen and oxygen atoms in total. The Labute approximate surface area is 161 Å². The fourth-order valence-electron chi connectivity index (χ4n) is 3.11. The van der Waals surface area contributed by atoms with Crippen LogP contribution < -0.4 is 14.8 Å². The maximum atomic E-state index is 14.0. The summed E-state index contributed by atoms with van der Waals surface area (Å²) in [5.74, 6) is 0.650. The van der Waals surface area contributed by atoms with E-state index in [2.05, 4.69) is 15.3 Å². The van der Waals surface area contributed by atoms with Crippen molar-refractivity contribution < 1.29 is 18.7 Å². The largest absolute Gasteiger partial charge is 0.487 e. The Bertz CT molecular complexity index is 967. The Morgan fingerprint density at radius 3 is 2.79 bits per heavy atom. The predicted octanol–water partition coefficient (Wildman–Crippen LogP) is 2.78. The highest BCUT2D eigenvalue weighted by Gasteiger charge is 2.27. The minimum Gasteiger partial charge on any atom is -0.487 e. The van der Waals surface area contributed by atoms with Gasteiger partial charge in [0.15, 0.2) is 6.61 Å². The highest BCUT2D eigenvalue weighted by atomic mass is 19.1. The standard InChI is InChI=1S/C21H18FN3O3/c22-16-6-14-7-18(11-25-20(26)12-27-17-4-2-1-3-5-17)28-21(14)19(8-16)15-9-23-13-24-10-15/h1-6,8-10,13,18H,7,11-12H2,(H,25,26)/t18-/m1/s1. The molecule has 142 valence electrons. The van der Waals surface area contributed by atoms with Gasteiger partial charge in [0.1, 0.15) is 29.7 Å². The van der Waals surface area contributed by atoms with Gasteiger partial charge in [-0.15, -0.1) is 0 Å². The molecule has 0 unspecified atom stereocenters. The lowest BCUT2D eigenvalue weighted by Crippen LogP contribution is -2.37. The first-order chi connectivity index (χ1) is 13.7. The van der Waals surface area contributed by atoms with E-state index in [0.29, 0.717) is 35.6 Å². The summed E-state index contributed by atoms with van der Waals surface area (Å²) in [6.07, 6.45) is 4.87. The number of nitrogens with zero attached hydrogens (tertiary/aromatic N) is 2. The molecule has 0 aliphatic carbocycles. The number of nitrogens with one attached hydrogen (secondary N) is 1. The van der Waals surface area contributed by atoms with Crippen LogP contribution in [0.4, 0.5) is 4.39 Å². The lowest BCUT2D eigenvalue weighted by Gasteiger charge is -2.14. The van der Waals surface area contributed by atoms with Crippen LogP contribution in [-0.4, -0.2) is 35.1 Å². The van der Waals surface area contributed by atoms with Gasteiger partial charge in [0.25, 0.3) is 5.91 Å². The van der Waals surface area contributed by atoms with Gasteiger partial charge in [0.05, 0.1) is 6.54 Å². The minimum atomic E-state index is -0.345. The highest BCUT2D eigenvalue weighted by molar-refractivity contribution is 5.77. The smallest absolute Gasteiger partial charge is 0.258 e. The number of amides is 1. The lowest BCUT2D eigenvalue weighted by atomic mass is 10.0. The zero-order valence-electron chi connectivity index (χ0n) is 15.0. The second kappa shape index (κ2) is 8.04. The topological polar surface area (TPSA) is 73.3 Å². The molecule has 3 aromatic rings. The number of rotatable bonds is 6. The average molecular weight is 379 g/mol. The van der Waals surface area contributed by atoms with Crippen molar-refractivity contribution in [3.63, 3.8) is 0 Å². The fraction of sp³-hybridized carbons (Fsp3) is 0.190. The summed E-state index contributed by atoms with van der Waals surface area (Å²) in [7, 11) is 0. The van der Waals surface area contributed by atoms with Crippen LogP contribution in [0.1, 0.15) is 5.56 Å². The summed E-state index contributed by atoms with van der Waals surface area (Å²) in [6.45, 7) is 0.225. The molecule has 1 N–H and O–H groups in total. The normalized spacial score (nSPS) is 14.8. The SMILES string of the molecule is O=C(COc1ccccc1)NC[C@H]1Cc2cc(F)cc(-c3cncnc3)c2O1. The molecule has 2 heterocycles. The van der Waals surface area contributed by atoms with E-state index in [-0.39, 0.29) is 24.4 Å². The predicted molar refractivity (Wildman–Crippen MR) is 100 cm³/mol. The summed E-state index contributed by atoms with van der Waals surface area (Å²) in [6, 6.07) is 12.0. The first-order valence-electron chi connectivity index (χ1n) is 8.88. The number of carbonyl (C=O) groups is 1. The van der Waals surface area contributed by atoms with Gasteiger partial charge >= 0.3 is 0 Å². The van der Waals surface area contributed by atoms with E-state index in [0.717, 1.165) is 5.56 Å². The number of benzene rings is 2. The Hall–Kier alpha value is -3.48. The number of fused-ring (bicyclic) bond motifs is 1. The van der Waals surface area contributed by atoms with Crippen LogP contribution in [0, 0.1) is 5.82 Å². The molecule has 7 heteroatoms. The van der Waals surface area contributed by atoms with Gasteiger partial charge in [-0.2, -0.15) is 0 Å². The van der Waals surface area contributed by atoms with Crippen molar-refractivity contribution in [3.8, 4) is 22.6 Å². The Balaban J connectivity index is 1.37. The van der Waals surface area contributed by atoms with E-state index < -0.39 is 0 Å². The van der Waals surface area contributed by atoms with Crippen molar-refractivity contribution >= 4 is 5.91 Å². The molecule has 1 amide bonds. The molecule has 0 saturated carbocycles. The van der Waals surface area contributed by atoms with Gasteiger partial charge in [-0.25, -0.2) is 14.4 Å². The van der Waals surface area contributed by atoms with E-state index in [4.69, 9.17) is 9.47 Å². The van der Waals surface area contributed by atoms with Crippen LogP contribution in [0.3, 0.4) is 0 Å². The second-order valence-corrected chi connectivity index (χ2v) is 6.42. The molecule has 2 aromatic carbocycles. The van der Waals surface area contributed by atoms with Crippen molar-refractivity contribution in [1.82, 2.24) is 15.3 Å². The quantitative estimate of drug-likeness (QED) is 0.713. The molecule has 0 spiro atoms. The summed E-state index contributed by atoms with van der Waals surface area (Å²) in [5.41, 5.74) is 2.05. The fourth-order valence-corrected chi connectivity index (χ4v) is 3.11. The summed E-state index contributed by atoms with van der Waals surface area (Å²) in [4.78, 5) is 20.0. The van der Waals surface area contributed by atoms with Crippen LogP contribution in [0.15, 0.2) is 61.2 Å². The summed E-state index contributed by atoms with van der Waals surface area (Å²) >= 11 is 0. The lowest BCUT2D eigenvalue weighted by molar-refractivity contribution is -0.123. The first kappa shape index (κ1) is 17.9. The molecule has 0 radical (unpaired) electrons. The number of carbonyl (C=O) groups excluding carboxylic acids is 1. The molecular formula is C21H18FN3O3. The zero-order chi connectivity index (χ0) is 19.3. The van der Waals surface area contributed by atoms with Crippen molar-refractivity contribution in [2.24, 2.45) is 0 Å². The molecule has 0 saturated heterocycles. The maximum absolute atomic E-state index is 14.0. The van der Waals surface area contributed by atoms with E-state index >= 15 is 0 Å². The van der Waals surface area contributed by atoms with E-state index in [1.54, 1.807) is 24.5 Å². The third-order valence-corrected chi connectivity index (χ3v) is 4.37. The first-order valence-corrected chi connectivity index (χ1v) is 8.88. The van der Waals surface area contributed by atoms with Crippen LogP contribution in [0.25, 0.3) is 11.1 Å². The van der Waals surface area contributed by atoms with Gasteiger partial charge in [-0.05, 0) is 24.3 Å². The van der Waals surface area contributed by atoms with E-state index in [1.807, 2.05) is 18.2 Å². The number of hydrogen-bond acceptors (Lipinski definition) is 5. The van der Waals surface area contributed by atoms with Crippen LogP contribution in [0.5, 0.6) is 11.5 Å². The number of aromatic nitrogens is 2. The van der Waals surface area contributed by atoms with Crippen molar-refractivity contribution in [2.45, 2.75) is 12.5 Å². The van der Waals surface area contributed by atoms with Crippen LogP contribution >= 0.6 is 0 Å². The van der Waals surface area contributed by atoms with Gasteiger partial charge < -0.3 is 14.8 Å². The van der Waals surface area contributed by atoms with Crippen LogP contribution in [0.2, 0.25) is 0 Å². The number of halogens is 1. The third kappa shape index (κ3) is 4.09.